The summed E-state index contributed by atoms with van der Waals surface area (Å²) in [6.07, 6.45) is 1.42. The van der Waals surface area contributed by atoms with Crippen molar-refractivity contribution in [1.82, 2.24) is 4.72 Å². The smallest absolute Gasteiger partial charge is 0.293 e. The Morgan fingerprint density at radius 1 is 1.07 bits per heavy atom. The van der Waals surface area contributed by atoms with Crippen LogP contribution < -0.4 is 4.72 Å². The van der Waals surface area contributed by atoms with E-state index in [1.54, 1.807) is 0 Å². The second kappa shape index (κ2) is 8.27. The Morgan fingerprint density at radius 3 is 2.38 bits per heavy atom. The summed E-state index contributed by atoms with van der Waals surface area (Å²) in [5.41, 5.74) is -2.24. The predicted molar refractivity (Wildman–Crippen MR) is 99.8 cm³/mol. The van der Waals surface area contributed by atoms with Gasteiger partial charge < -0.3 is 0 Å². The molecule has 3 rings (SSSR count). The third kappa shape index (κ3) is 4.87. The van der Waals surface area contributed by atoms with Crippen LogP contribution in [0.15, 0.2) is 71.4 Å². The van der Waals surface area contributed by atoms with E-state index >= 15 is 0 Å². The van der Waals surface area contributed by atoms with Gasteiger partial charge in [0.15, 0.2) is 5.72 Å². The van der Waals surface area contributed by atoms with Crippen molar-refractivity contribution in [3.8, 4) is 0 Å². The number of benzene rings is 2. The third-order valence-electron chi connectivity index (χ3n) is 4.16. The Kier molecular flexibility index (Phi) is 6.13. The lowest BCUT2D eigenvalue weighted by Crippen LogP contribution is -2.53. The minimum absolute atomic E-state index is 0.199. The highest BCUT2D eigenvalue weighted by Gasteiger charge is 2.45. The van der Waals surface area contributed by atoms with E-state index in [9.17, 15) is 26.0 Å². The molecule has 4 nitrogen and oxygen atoms in total. The molecule has 0 fully saturated rings. The maximum Gasteiger partial charge on any atom is 0.347 e. The van der Waals surface area contributed by atoms with Gasteiger partial charge in [-0.3, -0.25) is 4.74 Å². The fourth-order valence-electron chi connectivity index (χ4n) is 2.86. The van der Waals surface area contributed by atoms with Gasteiger partial charge in [-0.25, -0.2) is 17.2 Å². The summed E-state index contributed by atoms with van der Waals surface area (Å²) >= 11 is 5.73. The minimum atomic E-state index is -4.48. The molecule has 0 saturated heterocycles. The summed E-state index contributed by atoms with van der Waals surface area (Å²) in [6.45, 7) is -3.49. The standard InChI is InChI=1S/C19H14ClF4NO3S/c20-14-5-7-16(8-6-14)29(26,27)25-19(28-18(23)24)11-13(4-9-17(19)22)12-2-1-3-15(21)10-12/h1-10,18,25H,11H2. The fourth-order valence-corrected chi connectivity index (χ4v) is 4.25. The van der Waals surface area contributed by atoms with E-state index in [0.717, 1.165) is 24.3 Å². The van der Waals surface area contributed by atoms with E-state index in [0.29, 0.717) is 0 Å². The zero-order valence-electron chi connectivity index (χ0n) is 14.6. The maximum absolute atomic E-state index is 14.7. The number of hydrogen-bond donors (Lipinski definition) is 1. The minimum Gasteiger partial charge on any atom is -0.293 e. The molecule has 0 amide bonds. The molecule has 2 aromatic carbocycles. The Hall–Kier alpha value is -2.20. The monoisotopic (exact) mass is 447 g/mol. The van der Waals surface area contributed by atoms with Crippen LogP contribution in [-0.2, 0) is 14.8 Å². The van der Waals surface area contributed by atoms with Crippen molar-refractivity contribution in [2.75, 3.05) is 0 Å². The first-order valence-electron chi connectivity index (χ1n) is 8.20. The topological polar surface area (TPSA) is 55.4 Å². The first kappa shape index (κ1) is 21.5. The van der Waals surface area contributed by atoms with E-state index in [-0.39, 0.29) is 21.1 Å². The van der Waals surface area contributed by atoms with Crippen LogP contribution in [0.25, 0.3) is 5.57 Å². The van der Waals surface area contributed by atoms with Gasteiger partial charge in [0.25, 0.3) is 0 Å². The van der Waals surface area contributed by atoms with Crippen LogP contribution >= 0.6 is 11.6 Å². The first-order chi connectivity index (χ1) is 13.6. The number of rotatable bonds is 6. The highest BCUT2D eigenvalue weighted by atomic mass is 35.5. The second-order valence-electron chi connectivity index (χ2n) is 6.16. The van der Waals surface area contributed by atoms with Crippen LogP contribution in [0, 0.1) is 5.82 Å². The van der Waals surface area contributed by atoms with E-state index in [1.807, 2.05) is 4.72 Å². The molecule has 1 unspecified atom stereocenters. The SMILES string of the molecule is O=S(=O)(NC1(OC(F)F)CC(c2cccc(F)c2)=CC=C1F)c1ccc(Cl)cc1. The van der Waals surface area contributed by atoms with Crippen LogP contribution in [0.3, 0.4) is 0 Å². The van der Waals surface area contributed by atoms with Crippen molar-refractivity contribution in [2.24, 2.45) is 0 Å². The molecule has 1 N–H and O–H groups in total. The highest BCUT2D eigenvalue weighted by Crippen LogP contribution is 2.38. The lowest BCUT2D eigenvalue weighted by molar-refractivity contribution is -0.203. The zero-order valence-corrected chi connectivity index (χ0v) is 16.2. The molecule has 2 aromatic rings. The Balaban J connectivity index is 2.01. The molecule has 1 aliphatic rings. The van der Waals surface area contributed by atoms with Crippen LogP contribution in [-0.4, -0.2) is 20.8 Å². The number of alkyl halides is 2. The normalized spacial score (nSPS) is 19.8. The van der Waals surface area contributed by atoms with Gasteiger partial charge in [0.2, 0.25) is 10.0 Å². The van der Waals surface area contributed by atoms with Crippen molar-refractivity contribution in [1.29, 1.82) is 0 Å². The zero-order chi connectivity index (χ0) is 21.2. The number of sulfonamides is 1. The van der Waals surface area contributed by atoms with E-state index in [4.69, 9.17) is 11.6 Å². The average molecular weight is 448 g/mol. The van der Waals surface area contributed by atoms with Crippen molar-refractivity contribution in [3.63, 3.8) is 0 Å². The predicted octanol–water partition coefficient (Wildman–Crippen LogP) is 5.03. The van der Waals surface area contributed by atoms with Gasteiger partial charge in [-0.2, -0.15) is 13.5 Å². The van der Waals surface area contributed by atoms with Gasteiger partial charge in [0.05, 0.1) is 4.90 Å². The Morgan fingerprint density at radius 2 is 1.76 bits per heavy atom. The molecular formula is C19H14ClF4NO3S. The molecule has 0 aliphatic heterocycles. The molecule has 154 valence electrons. The molecule has 0 bridgehead atoms. The summed E-state index contributed by atoms with van der Waals surface area (Å²) in [4.78, 5) is -0.325. The van der Waals surface area contributed by atoms with Crippen molar-refractivity contribution in [3.05, 3.63) is 82.9 Å². The average Bonchev–Trinajstić information content (AvgIpc) is 2.63. The molecule has 0 spiro atoms. The van der Waals surface area contributed by atoms with E-state index < -0.39 is 40.4 Å². The molecule has 0 heterocycles. The van der Waals surface area contributed by atoms with Gasteiger partial charge in [-0.15, -0.1) is 0 Å². The number of nitrogens with one attached hydrogen (secondary N) is 1. The van der Waals surface area contributed by atoms with Gasteiger partial charge in [0, 0.05) is 11.4 Å². The molecule has 1 atom stereocenters. The largest absolute Gasteiger partial charge is 0.347 e. The molecule has 0 radical (unpaired) electrons. The summed E-state index contributed by atoms with van der Waals surface area (Å²) in [7, 11) is -4.48. The molecule has 29 heavy (non-hydrogen) atoms. The molecule has 0 aromatic heterocycles. The lowest BCUT2D eigenvalue weighted by Gasteiger charge is -2.35. The lowest BCUT2D eigenvalue weighted by atomic mass is 9.91. The molecule has 1 aliphatic carbocycles. The quantitative estimate of drug-likeness (QED) is 0.499. The van der Waals surface area contributed by atoms with Crippen LogP contribution in [0.1, 0.15) is 12.0 Å². The van der Waals surface area contributed by atoms with Crippen molar-refractivity contribution >= 4 is 27.2 Å². The molecular weight excluding hydrogens is 434 g/mol. The number of hydrogen-bond acceptors (Lipinski definition) is 3. The number of allylic oxidation sites excluding steroid dienone is 2. The summed E-state index contributed by atoms with van der Waals surface area (Å²) in [5.74, 6) is -1.86. The summed E-state index contributed by atoms with van der Waals surface area (Å²) < 4.78 is 86.1. The van der Waals surface area contributed by atoms with Crippen molar-refractivity contribution in [2.45, 2.75) is 23.7 Å². The van der Waals surface area contributed by atoms with Crippen molar-refractivity contribution < 1.29 is 30.7 Å². The highest BCUT2D eigenvalue weighted by molar-refractivity contribution is 7.89. The number of ether oxygens (including phenoxy) is 1. The Bertz CT molecular complexity index is 1070. The van der Waals surface area contributed by atoms with Gasteiger partial charge in [0.1, 0.15) is 11.6 Å². The van der Waals surface area contributed by atoms with Gasteiger partial charge in [-0.05, 0) is 53.6 Å². The van der Waals surface area contributed by atoms with Crippen LogP contribution in [0.5, 0.6) is 0 Å². The van der Waals surface area contributed by atoms with E-state index in [2.05, 4.69) is 4.74 Å². The number of halogens is 5. The summed E-state index contributed by atoms with van der Waals surface area (Å²) in [6, 6.07) is 9.98. The summed E-state index contributed by atoms with van der Waals surface area (Å²) in [5, 5.41) is 0.252. The van der Waals surface area contributed by atoms with Crippen LogP contribution in [0.2, 0.25) is 5.02 Å². The fraction of sp³-hybridized carbons (Fsp3) is 0.158. The third-order valence-corrected chi connectivity index (χ3v) is 5.91. The Labute approximate surface area is 169 Å². The molecule has 10 heteroatoms. The van der Waals surface area contributed by atoms with Gasteiger partial charge >= 0.3 is 6.61 Å². The second-order valence-corrected chi connectivity index (χ2v) is 8.28. The van der Waals surface area contributed by atoms with Gasteiger partial charge in [-0.1, -0.05) is 29.8 Å². The first-order valence-corrected chi connectivity index (χ1v) is 10.1. The molecule has 0 saturated carbocycles. The van der Waals surface area contributed by atoms with Crippen LogP contribution in [0.4, 0.5) is 17.6 Å². The van der Waals surface area contributed by atoms with E-state index in [1.165, 1.54) is 36.4 Å². The maximum atomic E-state index is 14.7.